The van der Waals surface area contributed by atoms with Gasteiger partial charge >= 0.3 is 5.97 Å². The summed E-state index contributed by atoms with van der Waals surface area (Å²) in [6.07, 6.45) is 2.55. The Morgan fingerprint density at radius 3 is 2.80 bits per heavy atom. The number of nitrogens with one attached hydrogen (secondary N) is 2. The first-order valence-electron chi connectivity index (χ1n) is 6.68. The van der Waals surface area contributed by atoms with Gasteiger partial charge < -0.3 is 15.4 Å². The quantitative estimate of drug-likeness (QED) is 0.772. The van der Waals surface area contributed by atoms with Gasteiger partial charge in [0.05, 0.1) is 0 Å². The lowest BCUT2D eigenvalue weighted by atomic mass is 9.76. The van der Waals surface area contributed by atoms with Crippen LogP contribution in [-0.4, -0.2) is 27.5 Å². The Morgan fingerprint density at radius 2 is 2.20 bits per heavy atom. The van der Waals surface area contributed by atoms with Crippen molar-refractivity contribution in [1.82, 2.24) is 10.3 Å². The van der Waals surface area contributed by atoms with Gasteiger partial charge in [-0.3, -0.25) is 9.59 Å². The van der Waals surface area contributed by atoms with Crippen LogP contribution in [0.4, 0.5) is 0 Å². The minimum absolute atomic E-state index is 0.0800. The molecule has 0 bridgehead atoms. The largest absolute Gasteiger partial charge is 0.480 e. The summed E-state index contributed by atoms with van der Waals surface area (Å²) in [4.78, 5) is 37.3. The number of carboxylic acid groups (broad SMARTS) is 1. The molecule has 1 aromatic heterocycles. The van der Waals surface area contributed by atoms with E-state index in [2.05, 4.69) is 10.3 Å². The second kappa shape index (κ2) is 5.48. The van der Waals surface area contributed by atoms with Crippen LogP contribution in [0.25, 0.3) is 0 Å². The Balaban J connectivity index is 2.22. The minimum atomic E-state index is -1.23. The number of hydrogen-bond acceptors (Lipinski definition) is 3. The number of H-pyrrole nitrogens is 1. The average molecular weight is 278 g/mol. The molecule has 1 aliphatic carbocycles. The van der Waals surface area contributed by atoms with E-state index >= 15 is 0 Å². The molecule has 0 spiro atoms. The van der Waals surface area contributed by atoms with E-state index in [4.69, 9.17) is 0 Å². The van der Waals surface area contributed by atoms with Crippen molar-refractivity contribution in [3.8, 4) is 0 Å². The fraction of sp³-hybridized carbons (Fsp3) is 0.500. The summed E-state index contributed by atoms with van der Waals surface area (Å²) in [7, 11) is 0. The van der Waals surface area contributed by atoms with Crippen molar-refractivity contribution in [3.63, 3.8) is 0 Å². The highest BCUT2D eigenvalue weighted by Gasteiger charge is 2.43. The Bertz CT molecular complexity index is 581. The first kappa shape index (κ1) is 14.3. The number of aromatic amines is 1. The number of amides is 1. The first-order chi connectivity index (χ1) is 9.43. The number of aromatic nitrogens is 1. The van der Waals surface area contributed by atoms with Gasteiger partial charge in [0.1, 0.15) is 11.2 Å². The molecule has 1 saturated carbocycles. The SMILES string of the molecule is CC1CCCC(NC(=O)c2cccc(=O)[nH]2)(C(=O)O)C1. The molecule has 2 unspecified atom stereocenters. The predicted molar refractivity (Wildman–Crippen MR) is 72.5 cm³/mol. The van der Waals surface area contributed by atoms with E-state index in [9.17, 15) is 19.5 Å². The van der Waals surface area contributed by atoms with E-state index in [-0.39, 0.29) is 17.2 Å². The normalized spacial score (nSPS) is 25.9. The van der Waals surface area contributed by atoms with Crippen LogP contribution in [-0.2, 0) is 4.79 Å². The van der Waals surface area contributed by atoms with E-state index in [1.165, 1.54) is 18.2 Å². The molecule has 20 heavy (non-hydrogen) atoms. The van der Waals surface area contributed by atoms with Gasteiger partial charge in [-0.1, -0.05) is 25.8 Å². The van der Waals surface area contributed by atoms with Crippen LogP contribution in [0.5, 0.6) is 0 Å². The molecule has 1 amide bonds. The second-order valence-corrected chi connectivity index (χ2v) is 5.47. The molecule has 2 atom stereocenters. The zero-order chi connectivity index (χ0) is 14.8. The van der Waals surface area contributed by atoms with E-state index < -0.39 is 17.4 Å². The topological polar surface area (TPSA) is 99.3 Å². The second-order valence-electron chi connectivity index (χ2n) is 5.47. The molecule has 0 aromatic carbocycles. The summed E-state index contributed by atoms with van der Waals surface area (Å²) in [6.45, 7) is 1.98. The van der Waals surface area contributed by atoms with Crippen molar-refractivity contribution < 1.29 is 14.7 Å². The fourth-order valence-electron chi connectivity index (χ4n) is 2.78. The van der Waals surface area contributed by atoms with Gasteiger partial charge in [0.15, 0.2) is 0 Å². The number of aliphatic carboxylic acids is 1. The van der Waals surface area contributed by atoms with Crippen molar-refractivity contribution in [1.29, 1.82) is 0 Å². The van der Waals surface area contributed by atoms with Crippen molar-refractivity contribution in [2.45, 2.75) is 38.1 Å². The lowest BCUT2D eigenvalue weighted by molar-refractivity contribution is -0.146. The third-order valence-electron chi connectivity index (χ3n) is 3.77. The highest BCUT2D eigenvalue weighted by Crippen LogP contribution is 2.32. The molecular formula is C14H18N2O4. The van der Waals surface area contributed by atoms with Crippen molar-refractivity contribution in [2.75, 3.05) is 0 Å². The van der Waals surface area contributed by atoms with Gasteiger partial charge in [0.2, 0.25) is 5.56 Å². The molecule has 1 aromatic rings. The molecule has 1 heterocycles. The van der Waals surface area contributed by atoms with E-state index in [0.717, 1.165) is 12.8 Å². The monoisotopic (exact) mass is 278 g/mol. The maximum atomic E-state index is 12.1. The van der Waals surface area contributed by atoms with Crippen LogP contribution in [0.2, 0.25) is 0 Å². The molecule has 108 valence electrons. The molecule has 0 aliphatic heterocycles. The first-order valence-corrected chi connectivity index (χ1v) is 6.68. The van der Waals surface area contributed by atoms with Crippen molar-refractivity contribution in [2.24, 2.45) is 5.92 Å². The number of carboxylic acids is 1. The van der Waals surface area contributed by atoms with E-state index in [1.807, 2.05) is 6.92 Å². The van der Waals surface area contributed by atoms with Crippen LogP contribution in [0, 0.1) is 5.92 Å². The van der Waals surface area contributed by atoms with Crippen molar-refractivity contribution in [3.05, 3.63) is 34.2 Å². The molecular weight excluding hydrogens is 260 g/mol. The van der Waals surface area contributed by atoms with E-state index in [1.54, 1.807) is 0 Å². The third-order valence-corrected chi connectivity index (χ3v) is 3.77. The van der Waals surface area contributed by atoms with Crippen LogP contribution >= 0.6 is 0 Å². The molecule has 3 N–H and O–H groups in total. The zero-order valence-corrected chi connectivity index (χ0v) is 11.3. The van der Waals surface area contributed by atoms with Crippen LogP contribution < -0.4 is 10.9 Å². The smallest absolute Gasteiger partial charge is 0.329 e. The van der Waals surface area contributed by atoms with Gasteiger partial charge in [0, 0.05) is 6.07 Å². The van der Waals surface area contributed by atoms with Crippen LogP contribution in [0.15, 0.2) is 23.0 Å². The Hall–Kier alpha value is -2.11. The van der Waals surface area contributed by atoms with E-state index in [0.29, 0.717) is 12.8 Å². The average Bonchev–Trinajstić information content (AvgIpc) is 2.38. The molecule has 1 fully saturated rings. The maximum absolute atomic E-state index is 12.1. The fourth-order valence-corrected chi connectivity index (χ4v) is 2.78. The Morgan fingerprint density at radius 1 is 1.45 bits per heavy atom. The predicted octanol–water partition coefficient (Wildman–Crippen LogP) is 1.14. The third kappa shape index (κ3) is 2.89. The molecule has 1 aliphatic rings. The summed E-state index contributed by atoms with van der Waals surface area (Å²) < 4.78 is 0. The molecule has 2 rings (SSSR count). The molecule has 6 nitrogen and oxygen atoms in total. The zero-order valence-electron chi connectivity index (χ0n) is 11.3. The lowest BCUT2D eigenvalue weighted by Gasteiger charge is -2.37. The highest BCUT2D eigenvalue weighted by molar-refractivity contribution is 5.96. The van der Waals surface area contributed by atoms with Gasteiger partial charge in [-0.05, 0) is 24.8 Å². The number of rotatable bonds is 3. The van der Waals surface area contributed by atoms with Crippen LogP contribution in [0.1, 0.15) is 43.1 Å². The standard InChI is InChI=1S/C14H18N2O4/c1-9-4-3-7-14(8-9,13(19)20)16-12(18)10-5-2-6-11(17)15-10/h2,5-6,9H,3-4,7-8H2,1H3,(H,15,17)(H,16,18)(H,19,20). The number of carbonyl (C=O) groups excluding carboxylic acids is 1. The molecule has 0 saturated heterocycles. The summed E-state index contributed by atoms with van der Waals surface area (Å²) in [5.41, 5.74) is -1.54. The highest BCUT2D eigenvalue weighted by atomic mass is 16.4. The minimum Gasteiger partial charge on any atom is -0.480 e. The van der Waals surface area contributed by atoms with Gasteiger partial charge in [-0.2, -0.15) is 0 Å². The summed E-state index contributed by atoms with van der Waals surface area (Å²) in [5.74, 6) is -1.33. The number of carbonyl (C=O) groups is 2. The van der Waals surface area contributed by atoms with Crippen LogP contribution in [0.3, 0.4) is 0 Å². The van der Waals surface area contributed by atoms with Crippen molar-refractivity contribution >= 4 is 11.9 Å². The number of pyridine rings is 1. The molecule has 6 heteroatoms. The summed E-state index contributed by atoms with van der Waals surface area (Å²) >= 11 is 0. The lowest BCUT2D eigenvalue weighted by Crippen LogP contribution is -2.57. The van der Waals surface area contributed by atoms with Gasteiger partial charge in [-0.15, -0.1) is 0 Å². The molecule has 0 radical (unpaired) electrons. The number of hydrogen-bond donors (Lipinski definition) is 3. The maximum Gasteiger partial charge on any atom is 0.329 e. The Kier molecular flexibility index (Phi) is 3.92. The summed E-state index contributed by atoms with van der Waals surface area (Å²) in [5, 5.41) is 12.1. The Labute approximate surface area is 116 Å². The van der Waals surface area contributed by atoms with Gasteiger partial charge in [0.25, 0.3) is 5.91 Å². The van der Waals surface area contributed by atoms with Gasteiger partial charge in [-0.25, -0.2) is 4.79 Å². The summed E-state index contributed by atoms with van der Waals surface area (Å²) in [6, 6.07) is 4.22.